The summed E-state index contributed by atoms with van der Waals surface area (Å²) in [6.45, 7) is 7.57. The number of hydrogen-bond acceptors (Lipinski definition) is 4. The van der Waals surface area contributed by atoms with Gasteiger partial charge in [-0.1, -0.05) is 13.0 Å². The lowest BCUT2D eigenvalue weighted by molar-refractivity contribution is -0.143. The molecule has 1 saturated heterocycles. The Balaban J connectivity index is 1.74. The van der Waals surface area contributed by atoms with Crippen LogP contribution in [-0.4, -0.2) is 60.5 Å². The molecule has 1 aliphatic carbocycles. The Kier molecular flexibility index (Phi) is 7.49. The molecule has 1 fully saturated rings. The zero-order valence-corrected chi connectivity index (χ0v) is 17.4. The number of carbonyl (C=O) groups excluding carboxylic acids is 2. The monoisotopic (exact) mass is 386 g/mol. The summed E-state index contributed by atoms with van der Waals surface area (Å²) >= 11 is 0. The molecule has 0 bridgehead atoms. The molecule has 1 aromatic carbocycles. The summed E-state index contributed by atoms with van der Waals surface area (Å²) in [5.41, 5.74) is 3.46. The van der Waals surface area contributed by atoms with E-state index in [-0.39, 0.29) is 18.3 Å². The lowest BCUT2D eigenvalue weighted by Crippen LogP contribution is -2.44. The van der Waals surface area contributed by atoms with E-state index in [1.165, 1.54) is 30.4 Å². The van der Waals surface area contributed by atoms with E-state index in [2.05, 4.69) is 24.0 Å². The molecule has 1 heterocycles. The fraction of sp³-hybridized carbons (Fsp3) is 0.652. The molecular weight excluding hydrogens is 352 g/mol. The number of nitrogens with zero attached hydrogens (tertiary/aromatic N) is 2. The predicted octanol–water partition coefficient (Wildman–Crippen LogP) is 3.45. The van der Waals surface area contributed by atoms with Crippen molar-refractivity contribution in [1.82, 2.24) is 9.80 Å². The number of benzene rings is 1. The van der Waals surface area contributed by atoms with Crippen molar-refractivity contribution in [3.63, 3.8) is 0 Å². The third kappa shape index (κ3) is 5.13. The number of fused-ring (bicyclic) bond motifs is 1. The molecule has 5 nitrogen and oxygen atoms in total. The topological polar surface area (TPSA) is 49.9 Å². The summed E-state index contributed by atoms with van der Waals surface area (Å²) in [6.07, 6.45) is 7.16. The van der Waals surface area contributed by atoms with E-state index < -0.39 is 0 Å². The summed E-state index contributed by atoms with van der Waals surface area (Å²) in [4.78, 5) is 29.5. The standard InChI is InChI=1S/C23H34N2O3/c1-3-24-14-7-10-21(24)17-25(15-13-22(26)28-4-2)23(27)20-12-11-18-8-5-6-9-19(18)16-20/h11-12,16,21H,3-10,13-15,17H2,1-2H3. The van der Waals surface area contributed by atoms with Crippen LogP contribution in [0.2, 0.25) is 0 Å². The molecule has 5 heteroatoms. The number of rotatable bonds is 8. The van der Waals surface area contributed by atoms with Gasteiger partial charge < -0.3 is 9.64 Å². The quantitative estimate of drug-likeness (QED) is 0.642. The Morgan fingerprint density at radius 1 is 1.14 bits per heavy atom. The number of esters is 1. The van der Waals surface area contributed by atoms with Crippen molar-refractivity contribution in [1.29, 1.82) is 0 Å². The molecule has 1 amide bonds. The predicted molar refractivity (Wildman–Crippen MR) is 111 cm³/mol. The average Bonchev–Trinajstić information content (AvgIpc) is 3.17. The number of ether oxygens (including phenoxy) is 1. The van der Waals surface area contributed by atoms with Gasteiger partial charge in [0.1, 0.15) is 0 Å². The Morgan fingerprint density at radius 2 is 1.93 bits per heavy atom. The van der Waals surface area contributed by atoms with Crippen molar-refractivity contribution in [3.8, 4) is 0 Å². The molecule has 2 aliphatic rings. The van der Waals surface area contributed by atoms with Crippen LogP contribution < -0.4 is 0 Å². The molecule has 154 valence electrons. The third-order valence-electron chi connectivity index (χ3n) is 6.11. The fourth-order valence-electron chi connectivity index (χ4n) is 4.56. The molecule has 28 heavy (non-hydrogen) atoms. The van der Waals surface area contributed by atoms with Crippen molar-refractivity contribution in [2.24, 2.45) is 0 Å². The average molecular weight is 387 g/mol. The molecule has 1 atom stereocenters. The summed E-state index contributed by atoms with van der Waals surface area (Å²) in [6, 6.07) is 6.56. The van der Waals surface area contributed by atoms with Gasteiger partial charge >= 0.3 is 5.97 Å². The smallest absolute Gasteiger partial charge is 0.307 e. The molecule has 0 radical (unpaired) electrons. The maximum atomic E-state index is 13.3. The van der Waals surface area contributed by atoms with E-state index in [1.54, 1.807) is 0 Å². The minimum atomic E-state index is -0.232. The Labute approximate surface area is 169 Å². The summed E-state index contributed by atoms with van der Waals surface area (Å²) in [5.74, 6) is -0.190. The molecule has 0 spiro atoms. The van der Waals surface area contributed by atoms with Crippen molar-refractivity contribution < 1.29 is 14.3 Å². The van der Waals surface area contributed by atoms with Crippen LogP contribution >= 0.6 is 0 Å². The van der Waals surface area contributed by atoms with Crippen LogP contribution in [0.4, 0.5) is 0 Å². The highest BCUT2D eigenvalue weighted by Crippen LogP contribution is 2.24. The lowest BCUT2D eigenvalue weighted by atomic mass is 9.90. The van der Waals surface area contributed by atoms with E-state index in [4.69, 9.17) is 4.74 Å². The minimum absolute atomic E-state index is 0.0422. The number of aryl methyl sites for hydroxylation is 2. The highest BCUT2D eigenvalue weighted by atomic mass is 16.5. The number of hydrogen-bond donors (Lipinski definition) is 0. The van der Waals surface area contributed by atoms with E-state index in [9.17, 15) is 9.59 Å². The fourth-order valence-corrected chi connectivity index (χ4v) is 4.56. The normalized spacial score (nSPS) is 19.3. The van der Waals surface area contributed by atoms with Gasteiger partial charge in [-0.25, -0.2) is 0 Å². The van der Waals surface area contributed by atoms with Crippen molar-refractivity contribution >= 4 is 11.9 Å². The minimum Gasteiger partial charge on any atom is -0.466 e. The Hall–Kier alpha value is -1.88. The molecule has 0 N–H and O–H groups in total. The second-order valence-corrected chi connectivity index (χ2v) is 7.92. The van der Waals surface area contributed by atoms with Gasteiger partial charge in [0.15, 0.2) is 0 Å². The van der Waals surface area contributed by atoms with Gasteiger partial charge in [-0.2, -0.15) is 0 Å². The van der Waals surface area contributed by atoms with E-state index in [0.29, 0.717) is 25.7 Å². The zero-order valence-electron chi connectivity index (χ0n) is 17.4. The van der Waals surface area contributed by atoms with Gasteiger partial charge in [-0.05, 0) is 81.8 Å². The van der Waals surface area contributed by atoms with Crippen molar-refractivity contribution in [2.45, 2.75) is 64.8 Å². The van der Waals surface area contributed by atoms with Crippen LogP contribution in [-0.2, 0) is 22.4 Å². The first-order chi connectivity index (χ1) is 13.6. The first kappa shape index (κ1) is 20.8. The van der Waals surface area contributed by atoms with Gasteiger partial charge in [0, 0.05) is 24.7 Å². The van der Waals surface area contributed by atoms with Crippen molar-refractivity contribution in [3.05, 3.63) is 34.9 Å². The molecule has 3 rings (SSSR count). The number of likely N-dealkylation sites (N-methyl/N-ethyl adjacent to an activating group) is 1. The number of amides is 1. The molecule has 0 saturated carbocycles. The molecule has 1 aromatic rings. The molecule has 0 aromatic heterocycles. The summed E-state index contributed by atoms with van der Waals surface area (Å²) in [5, 5.41) is 0. The zero-order chi connectivity index (χ0) is 19.9. The van der Waals surface area contributed by atoms with E-state index in [0.717, 1.165) is 37.9 Å². The van der Waals surface area contributed by atoms with Gasteiger partial charge in [-0.15, -0.1) is 0 Å². The Morgan fingerprint density at radius 3 is 2.68 bits per heavy atom. The maximum Gasteiger partial charge on any atom is 0.307 e. The Bertz CT molecular complexity index is 688. The van der Waals surface area contributed by atoms with Gasteiger partial charge in [0.2, 0.25) is 0 Å². The van der Waals surface area contributed by atoms with Crippen LogP contribution in [0.1, 0.15) is 67.4 Å². The van der Waals surface area contributed by atoms with Gasteiger partial charge in [0.05, 0.1) is 13.0 Å². The SMILES string of the molecule is CCOC(=O)CCN(CC1CCCN1CC)C(=O)c1ccc2c(c1)CCCC2. The second-order valence-electron chi connectivity index (χ2n) is 7.92. The molecule has 1 aliphatic heterocycles. The summed E-state index contributed by atoms with van der Waals surface area (Å²) in [7, 11) is 0. The van der Waals surface area contributed by atoms with Crippen molar-refractivity contribution in [2.75, 3.05) is 32.8 Å². The van der Waals surface area contributed by atoms with Gasteiger partial charge in [0.25, 0.3) is 5.91 Å². The summed E-state index contributed by atoms with van der Waals surface area (Å²) < 4.78 is 5.08. The maximum absolute atomic E-state index is 13.3. The van der Waals surface area contributed by atoms with E-state index >= 15 is 0 Å². The second kappa shape index (κ2) is 10.1. The number of likely N-dealkylation sites (tertiary alicyclic amines) is 1. The first-order valence-electron chi connectivity index (χ1n) is 10.9. The van der Waals surface area contributed by atoms with E-state index in [1.807, 2.05) is 17.9 Å². The van der Waals surface area contributed by atoms with Crippen LogP contribution in [0.3, 0.4) is 0 Å². The highest BCUT2D eigenvalue weighted by Gasteiger charge is 2.28. The van der Waals surface area contributed by atoms with Crippen LogP contribution in [0, 0.1) is 0 Å². The van der Waals surface area contributed by atoms with Gasteiger partial charge in [-0.3, -0.25) is 14.5 Å². The van der Waals surface area contributed by atoms with Crippen LogP contribution in [0.5, 0.6) is 0 Å². The first-order valence-corrected chi connectivity index (χ1v) is 10.9. The van der Waals surface area contributed by atoms with Crippen LogP contribution in [0.25, 0.3) is 0 Å². The highest BCUT2D eigenvalue weighted by molar-refractivity contribution is 5.94. The lowest BCUT2D eigenvalue weighted by Gasteiger charge is -2.30. The third-order valence-corrected chi connectivity index (χ3v) is 6.11. The largest absolute Gasteiger partial charge is 0.466 e. The molecular formula is C23H34N2O3. The van der Waals surface area contributed by atoms with Crippen LogP contribution in [0.15, 0.2) is 18.2 Å². The number of carbonyl (C=O) groups is 2. The molecule has 1 unspecified atom stereocenters.